The maximum absolute atomic E-state index is 9.01. The van der Waals surface area contributed by atoms with Crippen LogP contribution in [0.5, 0.6) is 0 Å². The van der Waals surface area contributed by atoms with Gasteiger partial charge in [0.15, 0.2) is 0 Å². The van der Waals surface area contributed by atoms with Crippen LogP contribution < -0.4 is 4.90 Å². The van der Waals surface area contributed by atoms with Crippen LogP contribution in [0.2, 0.25) is 0 Å². The summed E-state index contributed by atoms with van der Waals surface area (Å²) >= 11 is 0. The van der Waals surface area contributed by atoms with E-state index in [1.54, 1.807) is 19.5 Å². The van der Waals surface area contributed by atoms with Gasteiger partial charge in [0, 0.05) is 20.2 Å². The summed E-state index contributed by atoms with van der Waals surface area (Å²) in [6.07, 6.45) is 5.79. The van der Waals surface area contributed by atoms with Crippen LogP contribution in [0.3, 0.4) is 0 Å². The summed E-state index contributed by atoms with van der Waals surface area (Å²) in [5, 5.41) is 9.01. The molecule has 1 atom stereocenters. The molecule has 2 heterocycles. The largest absolute Gasteiger partial charge is 0.390 e. The molecule has 1 saturated heterocycles. The Balaban J connectivity index is 2.10. The molecule has 2 rings (SSSR count). The summed E-state index contributed by atoms with van der Waals surface area (Å²) in [5.74, 6) is 0.827. The standard InChI is InChI=1S/C11H17N3O2/c1-16-10-3-2-4-14(7-10)11-6-12-5-9(8-15)13-11/h5-6,10,15H,2-4,7-8H2,1H3. The van der Waals surface area contributed by atoms with E-state index in [9.17, 15) is 0 Å². The maximum atomic E-state index is 9.01. The molecular weight excluding hydrogens is 206 g/mol. The molecule has 0 saturated carbocycles. The highest BCUT2D eigenvalue weighted by molar-refractivity contribution is 5.37. The van der Waals surface area contributed by atoms with Crippen molar-refractivity contribution in [3.8, 4) is 0 Å². The van der Waals surface area contributed by atoms with Crippen molar-refractivity contribution in [3.05, 3.63) is 18.1 Å². The third-order valence-corrected chi connectivity index (χ3v) is 2.87. The van der Waals surface area contributed by atoms with Gasteiger partial charge in [-0.05, 0) is 12.8 Å². The molecule has 1 aromatic rings. The summed E-state index contributed by atoms with van der Waals surface area (Å²) in [7, 11) is 1.74. The van der Waals surface area contributed by atoms with E-state index in [4.69, 9.17) is 9.84 Å². The zero-order chi connectivity index (χ0) is 11.4. The van der Waals surface area contributed by atoms with Crippen molar-refractivity contribution in [3.63, 3.8) is 0 Å². The molecule has 0 bridgehead atoms. The average Bonchev–Trinajstić information content (AvgIpc) is 2.39. The third kappa shape index (κ3) is 2.48. The van der Waals surface area contributed by atoms with Crippen LogP contribution in [-0.4, -0.2) is 41.4 Å². The quantitative estimate of drug-likeness (QED) is 0.812. The number of aromatic nitrogens is 2. The molecule has 0 radical (unpaired) electrons. The van der Waals surface area contributed by atoms with E-state index >= 15 is 0 Å². The van der Waals surface area contributed by atoms with Crippen molar-refractivity contribution in [2.75, 3.05) is 25.1 Å². The molecule has 16 heavy (non-hydrogen) atoms. The van der Waals surface area contributed by atoms with Crippen molar-refractivity contribution in [1.29, 1.82) is 0 Å². The van der Waals surface area contributed by atoms with Gasteiger partial charge in [-0.25, -0.2) is 4.98 Å². The lowest BCUT2D eigenvalue weighted by Crippen LogP contribution is -2.39. The molecule has 1 N–H and O–H groups in total. The first-order valence-corrected chi connectivity index (χ1v) is 5.53. The van der Waals surface area contributed by atoms with E-state index in [0.717, 1.165) is 31.7 Å². The van der Waals surface area contributed by atoms with Gasteiger partial charge >= 0.3 is 0 Å². The Morgan fingerprint density at radius 1 is 1.56 bits per heavy atom. The molecule has 1 fully saturated rings. The normalized spacial score (nSPS) is 21.1. The minimum absolute atomic E-state index is 0.0671. The van der Waals surface area contributed by atoms with E-state index in [0.29, 0.717) is 5.69 Å². The lowest BCUT2D eigenvalue weighted by atomic mass is 10.1. The molecule has 88 valence electrons. The van der Waals surface area contributed by atoms with Crippen LogP contribution in [0.4, 0.5) is 5.82 Å². The Hall–Kier alpha value is -1.20. The molecule has 1 aliphatic rings. The molecular formula is C11H17N3O2. The van der Waals surface area contributed by atoms with Gasteiger partial charge in [-0.3, -0.25) is 4.98 Å². The highest BCUT2D eigenvalue weighted by atomic mass is 16.5. The van der Waals surface area contributed by atoms with Crippen LogP contribution >= 0.6 is 0 Å². The number of anilines is 1. The highest BCUT2D eigenvalue weighted by Crippen LogP contribution is 2.18. The van der Waals surface area contributed by atoms with Crippen LogP contribution in [-0.2, 0) is 11.3 Å². The van der Waals surface area contributed by atoms with Gasteiger partial charge in [0.1, 0.15) is 5.82 Å². The van der Waals surface area contributed by atoms with Crippen molar-refractivity contribution in [2.24, 2.45) is 0 Å². The average molecular weight is 223 g/mol. The van der Waals surface area contributed by atoms with E-state index in [-0.39, 0.29) is 12.7 Å². The van der Waals surface area contributed by atoms with E-state index < -0.39 is 0 Å². The maximum Gasteiger partial charge on any atom is 0.147 e. The highest BCUT2D eigenvalue weighted by Gasteiger charge is 2.20. The molecule has 5 nitrogen and oxygen atoms in total. The van der Waals surface area contributed by atoms with Gasteiger partial charge in [-0.1, -0.05) is 0 Å². The van der Waals surface area contributed by atoms with Gasteiger partial charge < -0.3 is 14.7 Å². The van der Waals surface area contributed by atoms with Crippen LogP contribution in [0.1, 0.15) is 18.5 Å². The second-order valence-corrected chi connectivity index (χ2v) is 3.97. The van der Waals surface area contributed by atoms with Gasteiger partial charge in [-0.2, -0.15) is 0 Å². The van der Waals surface area contributed by atoms with Crippen molar-refractivity contribution in [2.45, 2.75) is 25.6 Å². The molecule has 1 unspecified atom stereocenters. The Morgan fingerprint density at radius 3 is 3.19 bits per heavy atom. The van der Waals surface area contributed by atoms with Crippen LogP contribution in [0.25, 0.3) is 0 Å². The SMILES string of the molecule is COC1CCCN(c2cncc(CO)n2)C1. The van der Waals surface area contributed by atoms with Gasteiger partial charge in [0.2, 0.25) is 0 Å². The molecule has 0 aromatic carbocycles. The van der Waals surface area contributed by atoms with Crippen LogP contribution in [0.15, 0.2) is 12.4 Å². The zero-order valence-corrected chi connectivity index (χ0v) is 9.46. The predicted molar refractivity (Wildman–Crippen MR) is 60.2 cm³/mol. The van der Waals surface area contributed by atoms with Crippen molar-refractivity contribution >= 4 is 5.82 Å². The fourth-order valence-corrected chi connectivity index (χ4v) is 1.96. The minimum atomic E-state index is -0.0671. The van der Waals surface area contributed by atoms with Crippen molar-refractivity contribution in [1.82, 2.24) is 9.97 Å². The number of methoxy groups -OCH3 is 1. The molecule has 1 aromatic heterocycles. The smallest absolute Gasteiger partial charge is 0.147 e. The fraction of sp³-hybridized carbons (Fsp3) is 0.636. The van der Waals surface area contributed by atoms with E-state index in [2.05, 4.69) is 14.9 Å². The number of rotatable bonds is 3. The Kier molecular flexibility index (Phi) is 3.69. The Bertz CT molecular complexity index is 346. The summed E-state index contributed by atoms with van der Waals surface area (Å²) in [5.41, 5.74) is 0.608. The zero-order valence-electron chi connectivity index (χ0n) is 9.46. The lowest BCUT2D eigenvalue weighted by molar-refractivity contribution is 0.0891. The van der Waals surface area contributed by atoms with Gasteiger partial charge in [-0.15, -0.1) is 0 Å². The predicted octanol–water partition coefficient (Wildman–Crippen LogP) is 0.584. The van der Waals surface area contributed by atoms with Crippen LogP contribution in [0, 0.1) is 0 Å². The topological polar surface area (TPSA) is 58.5 Å². The van der Waals surface area contributed by atoms with Crippen molar-refractivity contribution < 1.29 is 9.84 Å². The number of ether oxygens (including phenoxy) is 1. The number of piperidine rings is 1. The number of aliphatic hydroxyl groups is 1. The van der Waals surface area contributed by atoms with E-state index in [1.165, 1.54) is 0 Å². The van der Waals surface area contributed by atoms with Gasteiger partial charge in [0.05, 0.1) is 30.8 Å². The second-order valence-electron chi connectivity index (χ2n) is 3.97. The number of nitrogens with zero attached hydrogens (tertiary/aromatic N) is 3. The summed E-state index contributed by atoms with van der Waals surface area (Å²) in [6.45, 7) is 1.76. The lowest BCUT2D eigenvalue weighted by Gasteiger charge is -2.32. The monoisotopic (exact) mass is 223 g/mol. The molecule has 0 spiro atoms. The number of aliphatic hydroxyl groups excluding tert-OH is 1. The minimum Gasteiger partial charge on any atom is -0.390 e. The molecule has 0 aliphatic carbocycles. The summed E-state index contributed by atoms with van der Waals surface area (Å²) < 4.78 is 5.36. The Morgan fingerprint density at radius 2 is 2.44 bits per heavy atom. The molecule has 5 heteroatoms. The summed E-state index contributed by atoms with van der Waals surface area (Å²) in [4.78, 5) is 10.6. The fourth-order valence-electron chi connectivity index (χ4n) is 1.96. The third-order valence-electron chi connectivity index (χ3n) is 2.87. The number of hydrogen-bond donors (Lipinski definition) is 1. The first-order chi connectivity index (χ1) is 7.83. The first-order valence-electron chi connectivity index (χ1n) is 5.53. The first kappa shape index (κ1) is 11.3. The van der Waals surface area contributed by atoms with E-state index in [1.807, 2.05) is 0 Å². The van der Waals surface area contributed by atoms with Gasteiger partial charge in [0.25, 0.3) is 0 Å². The summed E-state index contributed by atoms with van der Waals surface area (Å²) in [6, 6.07) is 0. The molecule has 0 amide bonds. The number of hydrogen-bond acceptors (Lipinski definition) is 5. The molecule has 1 aliphatic heterocycles. The Labute approximate surface area is 95.1 Å². The second kappa shape index (κ2) is 5.23.